The number of benzene rings is 1. The van der Waals surface area contributed by atoms with Gasteiger partial charge in [0.05, 0.1) is 4.75 Å². The van der Waals surface area contributed by atoms with E-state index in [1.54, 1.807) is 16.6 Å². The highest BCUT2D eigenvalue weighted by Crippen LogP contribution is 2.54. The molecule has 2 nitrogen and oxygen atoms in total. The Kier molecular flexibility index (Phi) is 3.97. The zero-order chi connectivity index (χ0) is 16.0. The third-order valence-electron chi connectivity index (χ3n) is 5.63. The monoisotopic (exact) mass is 328 g/mol. The molecule has 0 radical (unpaired) electrons. The van der Waals surface area contributed by atoms with Gasteiger partial charge in [0.1, 0.15) is 0 Å². The Morgan fingerprint density at radius 2 is 2.17 bits per heavy atom. The molecular weight excluding hydrogens is 300 g/mol. The fourth-order valence-electron chi connectivity index (χ4n) is 4.67. The lowest BCUT2D eigenvalue weighted by Gasteiger charge is -2.42. The maximum absolute atomic E-state index is 2.68. The van der Waals surface area contributed by atoms with Gasteiger partial charge in [-0.25, -0.2) is 0 Å². The summed E-state index contributed by atoms with van der Waals surface area (Å²) in [4.78, 5) is 2.33. The molecule has 3 heteroatoms. The van der Waals surface area contributed by atoms with E-state index in [1.165, 1.54) is 62.0 Å². The summed E-state index contributed by atoms with van der Waals surface area (Å²) >= 11 is 2.25. The molecule has 23 heavy (non-hydrogen) atoms. The van der Waals surface area contributed by atoms with Gasteiger partial charge in [-0.15, -0.1) is 11.8 Å². The Bertz CT molecular complexity index is 727. The van der Waals surface area contributed by atoms with E-state index in [-0.39, 0.29) is 0 Å². The van der Waals surface area contributed by atoms with Gasteiger partial charge in [-0.2, -0.15) is 0 Å². The number of rotatable bonds is 4. The molecule has 1 atom stereocenters. The van der Waals surface area contributed by atoms with Crippen LogP contribution < -0.4 is 0 Å². The molecule has 1 unspecified atom stereocenters. The van der Waals surface area contributed by atoms with Gasteiger partial charge in [-0.05, 0) is 83.1 Å². The van der Waals surface area contributed by atoms with Gasteiger partial charge >= 0.3 is 0 Å². The van der Waals surface area contributed by atoms with Crippen LogP contribution in [-0.4, -0.2) is 35.9 Å². The van der Waals surface area contributed by atoms with Crippen LogP contribution in [0.4, 0.5) is 0 Å². The number of hydrogen-bond donors (Lipinski definition) is 0. The van der Waals surface area contributed by atoms with Gasteiger partial charge in [0.15, 0.2) is 0 Å². The van der Waals surface area contributed by atoms with Crippen molar-refractivity contribution in [2.45, 2.75) is 50.3 Å². The summed E-state index contributed by atoms with van der Waals surface area (Å²) in [5, 5.41) is 1.54. The molecule has 0 saturated heterocycles. The molecule has 2 aliphatic rings. The lowest BCUT2D eigenvalue weighted by molar-refractivity contribution is 0.346. The van der Waals surface area contributed by atoms with Crippen LogP contribution in [0.25, 0.3) is 10.9 Å². The van der Waals surface area contributed by atoms with Crippen molar-refractivity contribution in [2.24, 2.45) is 0 Å². The van der Waals surface area contributed by atoms with Crippen LogP contribution in [0.2, 0.25) is 0 Å². The minimum Gasteiger partial charge on any atom is -0.343 e. The summed E-state index contributed by atoms with van der Waals surface area (Å²) < 4.78 is 3.06. The molecule has 4 rings (SSSR count). The Morgan fingerprint density at radius 1 is 1.30 bits per heavy atom. The summed E-state index contributed by atoms with van der Waals surface area (Å²) in [5.74, 6) is 1.29. The first kappa shape index (κ1) is 15.6. The van der Waals surface area contributed by atoms with Gasteiger partial charge in [0.2, 0.25) is 0 Å². The number of thioether (sulfide) groups is 1. The van der Waals surface area contributed by atoms with Crippen molar-refractivity contribution in [3.8, 4) is 0 Å². The maximum atomic E-state index is 2.68. The average Bonchev–Trinajstić information content (AvgIpc) is 2.83. The molecule has 0 aliphatic carbocycles. The predicted molar refractivity (Wildman–Crippen MR) is 102 cm³/mol. The van der Waals surface area contributed by atoms with Crippen LogP contribution >= 0.6 is 11.8 Å². The highest BCUT2D eigenvalue weighted by molar-refractivity contribution is 8.00. The topological polar surface area (TPSA) is 8.17 Å². The standard InChI is InChI=1S/C20H28N2S/c1-15-6-7-18-17(14-15)16-8-13-23-20(9-4-11-21(2)3)10-5-12-22(18)19(16)20/h6-7,14H,4-5,8-13H2,1-3H3. The molecule has 0 bridgehead atoms. The molecule has 0 saturated carbocycles. The van der Waals surface area contributed by atoms with Crippen LogP contribution in [-0.2, 0) is 17.7 Å². The van der Waals surface area contributed by atoms with Crippen molar-refractivity contribution in [3.05, 3.63) is 35.0 Å². The Labute approximate surface area is 144 Å². The zero-order valence-electron chi connectivity index (χ0n) is 14.7. The number of aromatic nitrogens is 1. The summed E-state index contributed by atoms with van der Waals surface area (Å²) in [5.41, 5.74) is 6.25. The third-order valence-corrected chi connectivity index (χ3v) is 7.20. The Morgan fingerprint density at radius 3 is 3.00 bits per heavy atom. The minimum absolute atomic E-state index is 0.384. The lowest BCUT2D eigenvalue weighted by Crippen LogP contribution is -2.35. The van der Waals surface area contributed by atoms with Crippen molar-refractivity contribution >= 4 is 22.7 Å². The molecule has 0 spiro atoms. The molecule has 0 fully saturated rings. The molecule has 1 aromatic heterocycles. The zero-order valence-corrected chi connectivity index (χ0v) is 15.5. The molecule has 1 aromatic carbocycles. The van der Waals surface area contributed by atoms with E-state index in [2.05, 4.69) is 60.4 Å². The van der Waals surface area contributed by atoms with Crippen molar-refractivity contribution in [3.63, 3.8) is 0 Å². The molecular formula is C20H28N2S. The first-order valence-corrected chi connectivity index (χ1v) is 10.0. The van der Waals surface area contributed by atoms with Crippen LogP contribution in [0.1, 0.15) is 42.5 Å². The number of aryl methyl sites for hydroxylation is 3. The highest BCUT2D eigenvalue weighted by atomic mass is 32.2. The van der Waals surface area contributed by atoms with Gasteiger partial charge in [-0.1, -0.05) is 11.6 Å². The smallest absolute Gasteiger partial charge is 0.0564 e. The first-order chi connectivity index (χ1) is 11.1. The molecule has 0 N–H and O–H groups in total. The Balaban J connectivity index is 1.82. The summed E-state index contributed by atoms with van der Waals surface area (Å²) in [6.45, 7) is 4.65. The van der Waals surface area contributed by atoms with E-state index in [0.717, 1.165) is 0 Å². The fourth-order valence-corrected chi connectivity index (χ4v) is 6.32. The molecule has 124 valence electrons. The molecule has 2 aliphatic heterocycles. The number of fused-ring (bicyclic) bond motifs is 3. The summed E-state index contributed by atoms with van der Waals surface area (Å²) in [7, 11) is 4.38. The first-order valence-electron chi connectivity index (χ1n) is 9.02. The summed E-state index contributed by atoms with van der Waals surface area (Å²) in [6.07, 6.45) is 6.59. The number of hydrogen-bond acceptors (Lipinski definition) is 2. The second-order valence-electron chi connectivity index (χ2n) is 7.60. The predicted octanol–water partition coefficient (Wildman–Crippen LogP) is 4.57. The second kappa shape index (κ2) is 5.86. The van der Waals surface area contributed by atoms with Crippen molar-refractivity contribution in [2.75, 3.05) is 26.4 Å². The largest absolute Gasteiger partial charge is 0.343 e. The van der Waals surface area contributed by atoms with Gasteiger partial charge in [-0.3, -0.25) is 0 Å². The Hall–Kier alpha value is -0.930. The third kappa shape index (κ3) is 2.53. The van der Waals surface area contributed by atoms with Crippen molar-refractivity contribution in [1.82, 2.24) is 9.47 Å². The van der Waals surface area contributed by atoms with E-state index in [1.807, 2.05) is 0 Å². The van der Waals surface area contributed by atoms with Gasteiger partial charge in [0.25, 0.3) is 0 Å². The second-order valence-corrected chi connectivity index (χ2v) is 9.08. The van der Waals surface area contributed by atoms with Crippen LogP contribution in [0, 0.1) is 6.92 Å². The highest BCUT2D eigenvalue weighted by Gasteiger charge is 2.42. The number of nitrogens with zero attached hydrogens (tertiary/aromatic N) is 2. The molecule has 0 amide bonds. The summed E-state index contributed by atoms with van der Waals surface area (Å²) in [6, 6.07) is 7.08. The SMILES string of the molecule is Cc1ccc2c(c1)c1c3n2CCCC3(CCCN(C)C)SCC1. The van der Waals surface area contributed by atoms with Crippen molar-refractivity contribution in [1.29, 1.82) is 0 Å². The van der Waals surface area contributed by atoms with Crippen LogP contribution in [0.15, 0.2) is 18.2 Å². The van der Waals surface area contributed by atoms with Crippen LogP contribution in [0.5, 0.6) is 0 Å². The quantitative estimate of drug-likeness (QED) is 0.812. The average molecular weight is 329 g/mol. The lowest BCUT2D eigenvalue weighted by atomic mass is 9.86. The maximum Gasteiger partial charge on any atom is 0.0564 e. The van der Waals surface area contributed by atoms with E-state index in [0.29, 0.717) is 4.75 Å². The van der Waals surface area contributed by atoms with Crippen LogP contribution in [0.3, 0.4) is 0 Å². The normalized spacial score (nSPS) is 23.5. The minimum atomic E-state index is 0.384. The van der Waals surface area contributed by atoms with E-state index < -0.39 is 0 Å². The molecule has 3 heterocycles. The van der Waals surface area contributed by atoms with E-state index in [9.17, 15) is 0 Å². The van der Waals surface area contributed by atoms with Gasteiger partial charge in [0, 0.05) is 23.1 Å². The molecule has 2 aromatic rings. The van der Waals surface area contributed by atoms with E-state index >= 15 is 0 Å². The van der Waals surface area contributed by atoms with E-state index in [4.69, 9.17) is 0 Å². The van der Waals surface area contributed by atoms with Gasteiger partial charge < -0.3 is 9.47 Å². The van der Waals surface area contributed by atoms with Crippen molar-refractivity contribution < 1.29 is 0 Å². The fraction of sp³-hybridized carbons (Fsp3) is 0.600.